The molecule has 0 amide bonds. The van der Waals surface area contributed by atoms with Gasteiger partial charge in [-0.2, -0.15) is 4.31 Å². The molecular weight excluding hydrogens is 434 g/mol. The highest BCUT2D eigenvalue weighted by atomic mass is 32.2. The van der Waals surface area contributed by atoms with Gasteiger partial charge in [0.25, 0.3) is 0 Å². The summed E-state index contributed by atoms with van der Waals surface area (Å²) in [6.45, 7) is 1.51. The number of sulfonamides is 2. The molecule has 2 N–H and O–H groups in total. The topological polar surface area (TPSA) is 120 Å². The van der Waals surface area contributed by atoms with E-state index in [0.29, 0.717) is 36.2 Å². The van der Waals surface area contributed by atoms with Crippen molar-refractivity contribution >= 4 is 31.8 Å². The van der Waals surface area contributed by atoms with Crippen molar-refractivity contribution in [2.45, 2.75) is 34.1 Å². The minimum atomic E-state index is -3.72. The second-order valence-corrected chi connectivity index (χ2v) is 11.1. The predicted molar refractivity (Wildman–Crippen MR) is 111 cm³/mol. The van der Waals surface area contributed by atoms with Crippen LogP contribution in [0.5, 0.6) is 5.75 Å². The third-order valence-corrected chi connectivity index (χ3v) is 8.14. The number of aromatic nitrogens is 1. The Labute approximate surface area is 175 Å². The molecule has 0 saturated carbocycles. The number of piperidine rings is 1. The third-order valence-electron chi connectivity index (χ3n) is 4.42. The highest BCUT2D eigenvalue weighted by Gasteiger charge is 2.26. The lowest BCUT2D eigenvalue weighted by Gasteiger charge is -2.25. The fraction of sp³-hybridized carbons (Fsp3) is 0.389. The lowest BCUT2D eigenvalue weighted by molar-refractivity contribution is 0.343. The quantitative estimate of drug-likeness (QED) is 0.476. The lowest BCUT2D eigenvalue weighted by atomic mass is 10.2. The van der Waals surface area contributed by atoms with E-state index in [2.05, 4.69) is 4.98 Å². The van der Waals surface area contributed by atoms with Crippen LogP contribution < -0.4 is 9.88 Å². The van der Waals surface area contributed by atoms with Gasteiger partial charge in [0.05, 0.1) is 16.5 Å². The Morgan fingerprint density at radius 3 is 2.21 bits per heavy atom. The van der Waals surface area contributed by atoms with Gasteiger partial charge in [-0.15, -0.1) is 11.8 Å². The van der Waals surface area contributed by atoms with Crippen molar-refractivity contribution in [2.75, 3.05) is 25.4 Å². The van der Waals surface area contributed by atoms with Gasteiger partial charge >= 0.3 is 0 Å². The molecule has 1 aromatic carbocycles. The number of primary sulfonamides is 1. The summed E-state index contributed by atoms with van der Waals surface area (Å²) in [4.78, 5) is 4.49. The smallest absolute Gasteiger partial charge is 0.244 e. The molecule has 0 atom stereocenters. The lowest BCUT2D eigenvalue weighted by Crippen LogP contribution is -2.35. The fourth-order valence-electron chi connectivity index (χ4n) is 2.89. The van der Waals surface area contributed by atoms with E-state index in [1.54, 1.807) is 24.3 Å². The summed E-state index contributed by atoms with van der Waals surface area (Å²) in [6, 6.07) is 9.15. The van der Waals surface area contributed by atoms with Crippen molar-refractivity contribution in [3.8, 4) is 5.75 Å². The maximum atomic E-state index is 12.6. The van der Waals surface area contributed by atoms with Crippen molar-refractivity contribution in [3.63, 3.8) is 0 Å². The molecule has 1 saturated heterocycles. The van der Waals surface area contributed by atoms with Crippen molar-refractivity contribution < 1.29 is 21.6 Å². The van der Waals surface area contributed by atoms with E-state index in [1.165, 1.54) is 34.4 Å². The van der Waals surface area contributed by atoms with E-state index in [1.807, 2.05) is 0 Å². The molecule has 0 spiro atoms. The number of hydrogen-bond acceptors (Lipinski definition) is 7. The van der Waals surface area contributed by atoms with E-state index in [9.17, 15) is 16.8 Å². The molecular formula is C18H23N3O5S3. The maximum Gasteiger partial charge on any atom is 0.244 e. The zero-order chi connectivity index (χ0) is 20.9. The Bertz CT molecular complexity index is 1020. The highest BCUT2D eigenvalue weighted by Crippen LogP contribution is 2.22. The van der Waals surface area contributed by atoms with Crippen molar-refractivity contribution in [2.24, 2.45) is 5.14 Å². The number of rotatable bonds is 8. The summed E-state index contributed by atoms with van der Waals surface area (Å²) in [5.41, 5.74) is 0. The van der Waals surface area contributed by atoms with Gasteiger partial charge in [0.1, 0.15) is 10.6 Å². The first-order chi connectivity index (χ1) is 13.8. The number of benzene rings is 1. The van der Waals surface area contributed by atoms with E-state index in [0.717, 1.165) is 19.3 Å². The minimum Gasteiger partial charge on any atom is -0.493 e. The van der Waals surface area contributed by atoms with E-state index < -0.39 is 20.0 Å². The predicted octanol–water partition coefficient (Wildman–Crippen LogP) is 2.07. The van der Waals surface area contributed by atoms with Gasteiger partial charge in [0.15, 0.2) is 0 Å². The number of hydrogen-bond donors (Lipinski definition) is 1. The zero-order valence-corrected chi connectivity index (χ0v) is 18.2. The summed E-state index contributed by atoms with van der Waals surface area (Å²) in [5.74, 6) is 1.14. The normalized spacial score (nSPS) is 15.9. The van der Waals surface area contributed by atoms with Crippen LogP contribution in [0.4, 0.5) is 0 Å². The average molecular weight is 458 g/mol. The molecule has 1 aliphatic heterocycles. The number of thioether (sulfide) groups is 1. The van der Waals surface area contributed by atoms with Gasteiger partial charge in [-0.1, -0.05) is 6.42 Å². The number of pyridine rings is 1. The van der Waals surface area contributed by atoms with Crippen LogP contribution in [-0.2, 0) is 20.0 Å². The standard InChI is InChI=1S/C18H23N3O5S3/c19-28(22,23)16-6-4-15(5-7-16)26-12-13-27-18-9-8-17(14-20-18)29(24,25)21-10-2-1-3-11-21/h4-9,14H,1-3,10-13H2,(H2,19,22,23). The first-order valence-electron chi connectivity index (χ1n) is 9.11. The monoisotopic (exact) mass is 457 g/mol. The van der Waals surface area contributed by atoms with Gasteiger partial charge in [-0.25, -0.2) is 27.0 Å². The van der Waals surface area contributed by atoms with Gasteiger partial charge in [0, 0.05) is 25.0 Å². The molecule has 3 rings (SSSR count). The van der Waals surface area contributed by atoms with E-state index >= 15 is 0 Å². The molecule has 1 aliphatic rings. The molecule has 1 fully saturated rings. The summed E-state index contributed by atoms with van der Waals surface area (Å²) in [5, 5.41) is 5.76. The molecule has 2 heterocycles. The Kier molecular flexibility index (Phi) is 7.17. The minimum absolute atomic E-state index is 0.0306. The molecule has 0 radical (unpaired) electrons. The van der Waals surface area contributed by atoms with Crippen LogP contribution in [0.25, 0.3) is 0 Å². The second kappa shape index (κ2) is 9.43. The second-order valence-electron chi connectivity index (χ2n) is 6.51. The molecule has 29 heavy (non-hydrogen) atoms. The summed E-state index contributed by atoms with van der Waals surface area (Å²) < 4.78 is 54.8. The van der Waals surface area contributed by atoms with Crippen LogP contribution in [-0.4, -0.2) is 51.6 Å². The van der Waals surface area contributed by atoms with Gasteiger partial charge in [0.2, 0.25) is 20.0 Å². The van der Waals surface area contributed by atoms with E-state index in [4.69, 9.17) is 9.88 Å². The molecule has 0 bridgehead atoms. The summed E-state index contributed by atoms with van der Waals surface area (Å²) in [6.07, 6.45) is 4.26. The van der Waals surface area contributed by atoms with E-state index in [-0.39, 0.29) is 9.79 Å². The molecule has 0 unspecified atom stereocenters. The SMILES string of the molecule is NS(=O)(=O)c1ccc(OCCSc2ccc(S(=O)(=O)N3CCCCC3)cn2)cc1. The van der Waals surface area contributed by atoms with Crippen LogP contribution >= 0.6 is 11.8 Å². The molecule has 8 nitrogen and oxygen atoms in total. The number of ether oxygens (including phenoxy) is 1. The van der Waals surface area contributed by atoms with Crippen LogP contribution in [0.2, 0.25) is 0 Å². The Balaban J connectivity index is 1.49. The summed E-state index contributed by atoms with van der Waals surface area (Å²) >= 11 is 1.44. The zero-order valence-electron chi connectivity index (χ0n) is 15.7. The van der Waals surface area contributed by atoms with Crippen molar-refractivity contribution in [1.82, 2.24) is 9.29 Å². The highest BCUT2D eigenvalue weighted by molar-refractivity contribution is 7.99. The van der Waals surface area contributed by atoms with Gasteiger partial charge in [-0.05, 0) is 49.2 Å². The van der Waals surface area contributed by atoms with Crippen LogP contribution in [0.15, 0.2) is 57.4 Å². The molecule has 1 aromatic heterocycles. The van der Waals surface area contributed by atoms with Crippen LogP contribution in [0.3, 0.4) is 0 Å². The third kappa shape index (κ3) is 5.92. The van der Waals surface area contributed by atoms with Gasteiger partial charge < -0.3 is 4.74 Å². The molecule has 0 aliphatic carbocycles. The van der Waals surface area contributed by atoms with Crippen molar-refractivity contribution in [1.29, 1.82) is 0 Å². The summed E-state index contributed by atoms with van der Waals surface area (Å²) in [7, 11) is -7.18. The van der Waals surface area contributed by atoms with Crippen LogP contribution in [0, 0.1) is 0 Å². The fourth-order valence-corrected chi connectivity index (χ4v) is 5.54. The Morgan fingerprint density at radius 2 is 1.62 bits per heavy atom. The first kappa shape index (κ1) is 22.0. The Hall–Kier alpha value is -1.66. The number of nitrogens with two attached hydrogens (primary N) is 1. The largest absolute Gasteiger partial charge is 0.493 e. The maximum absolute atomic E-state index is 12.6. The molecule has 158 valence electrons. The number of nitrogens with zero attached hydrogens (tertiary/aromatic N) is 2. The van der Waals surface area contributed by atoms with Crippen LogP contribution in [0.1, 0.15) is 19.3 Å². The average Bonchev–Trinajstić information content (AvgIpc) is 2.72. The first-order valence-corrected chi connectivity index (χ1v) is 13.1. The van der Waals surface area contributed by atoms with Crippen molar-refractivity contribution in [3.05, 3.63) is 42.6 Å². The molecule has 11 heteroatoms. The van der Waals surface area contributed by atoms with Gasteiger partial charge in [-0.3, -0.25) is 0 Å². The Morgan fingerprint density at radius 1 is 0.966 bits per heavy atom. The molecule has 2 aromatic rings.